The molecule has 18 heavy (non-hydrogen) atoms. The summed E-state index contributed by atoms with van der Waals surface area (Å²) < 4.78 is 4.60. The minimum Gasteiger partial charge on any atom is -0.386 e. The summed E-state index contributed by atoms with van der Waals surface area (Å²) in [5.41, 5.74) is 2.55. The normalized spacial score (nSPS) is 19.2. The van der Waals surface area contributed by atoms with E-state index in [1.54, 1.807) is 12.1 Å². The highest BCUT2D eigenvalue weighted by Crippen LogP contribution is 2.31. The van der Waals surface area contributed by atoms with E-state index in [1.165, 1.54) is 0 Å². The Kier molecular flexibility index (Phi) is 2.08. The third-order valence-electron chi connectivity index (χ3n) is 3.23. The van der Waals surface area contributed by atoms with E-state index < -0.39 is 11.9 Å². The largest absolute Gasteiger partial charge is 0.386 e. The van der Waals surface area contributed by atoms with Crippen LogP contribution in [0.1, 0.15) is 45.7 Å². The molecule has 90 valence electrons. The van der Waals surface area contributed by atoms with Gasteiger partial charge in [0.2, 0.25) is 0 Å². The zero-order valence-electron chi connectivity index (χ0n) is 10.2. The minimum absolute atomic E-state index is 0.0337. The molecule has 0 bridgehead atoms. The zero-order valence-corrected chi connectivity index (χ0v) is 10.2. The quantitative estimate of drug-likeness (QED) is 0.517. The van der Waals surface area contributed by atoms with Gasteiger partial charge in [0.1, 0.15) is 0 Å². The number of hydrogen-bond donors (Lipinski definition) is 0. The Hall–Kier alpha value is -2.16. The molecule has 1 aliphatic carbocycles. The third-order valence-corrected chi connectivity index (χ3v) is 3.23. The van der Waals surface area contributed by atoms with Crippen molar-refractivity contribution in [2.24, 2.45) is 5.41 Å². The van der Waals surface area contributed by atoms with Crippen LogP contribution >= 0.6 is 0 Å². The van der Waals surface area contributed by atoms with Gasteiger partial charge in [0.15, 0.2) is 0 Å². The third kappa shape index (κ3) is 1.59. The van der Waals surface area contributed by atoms with Crippen molar-refractivity contribution in [2.45, 2.75) is 13.8 Å². The van der Waals surface area contributed by atoms with Gasteiger partial charge in [0.05, 0.1) is 11.1 Å². The second-order valence-electron chi connectivity index (χ2n) is 5.19. The van der Waals surface area contributed by atoms with Gasteiger partial charge in [-0.25, -0.2) is 9.59 Å². The van der Waals surface area contributed by atoms with Crippen molar-refractivity contribution in [2.75, 3.05) is 0 Å². The Morgan fingerprint density at radius 3 is 1.78 bits per heavy atom. The molecule has 0 N–H and O–H groups in total. The molecule has 0 radical (unpaired) electrons. The Morgan fingerprint density at radius 2 is 1.33 bits per heavy atom. The topological polar surface area (TPSA) is 43.4 Å². The molecule has 1 aromatic rings. The SMILES string of the molecule is CC1(C)C=Cc2cc3c(cc2C=C1)C(=O)OC3=O. The van der Waals surface area contributed by atoms with E-state index in [0.717, 1.165) is 11.1 Å². The van der Waals surface area contributed by atoms with Crippen LogP contribution in [-0.4, -0.2) is 11.9 Å². The summed E-state index contributed by atoms with van der Waals surface area (Å²) >= 11 is 0. The molecule has 2 aliphatic rings. The highest BCUT2D eigenvalue weighted by molar-refractivity contribution is 6.15. The average Bonchev–Trinajstić information content (AvgIpc) is 2.49. The van der Waals surface area contributed by atoms with Crippen molar-refractivity contribution in [1.29, 1.82) is 0 Å². The molecule has 0 saturated carbocycles. The summed E-state index contributed by atoms with van der Waals surface area (Å²) in [7, 11) is 0. The minimum atomic E-state index is -0.557. The first-order chi connectivity index (χ1) is 8.46. The van der Waals surface area contributed by atoms with Crippen LogP contribution in [0.5, 0.6) is 0 Å². The molecule has 0 saturated heterocycles. The number of hydrogen-bond acceptors (Lipinski definition) is 3. The van der Waals surface area contributed by atoms with Crippen molar-refractivity contribution in [1.82, 2.24) is 0 Å². The molecule has 1 heterocycles. The second-order valence-corrected chi connectivity index (χ2v) is 5.19. The standard InChI is InChI=1S/C15H12O3/c1-15(2)5-3-9-7-11-12(8-10(9)4-6-15)14(17)18-13(11)16/h3-8H,1-2H3. The summed E-state index contributed by atoms with van der Waals surface area (Å²) in [6.07, 6.45) is 8.10. The smallest absolute Gasteiger partial charge is 0.346 e. The van der Waals surface area contributed by atoms with E-state index in [4.69, 9.17) is 0 Å². The van der Waals surface area contributed by atoms with Crippen LogP contribution in [0.4, 0.5) is 0 Å². The molecule has 0 fully saturated rings. The van der Waals surface area contributed by atoms with Crippen molar-refractivity contribution < 1.29 is 14.3 Å². The molecule has 1 aliphatic heterocycles. The van der Waals surface area contributed by atoms with Crippen LogP contribution in [0.25, 0.3) is 12.2 Å². The predicted molar refractivity (Wildman–Crippen MR) is 68.0 cm³/mol. The summed E-state index contributed by atoms with van der Waals surface area (Å²) in [6, 6.07) is 3.44. The van der Waals surface area contributed by atoms with Crippen molar-refractivity contribution in [3.05, 3.63) is 46.5 Å². The zero-order chi connectivity index (χ0) is 12.9. The maximum atomic E-state index is 11.5. The number of rotatable bonds is 0. The summed E-state index contributed by atoms with van der Waals surface area (Å²) in [5, 5.41) is 0. The van der Waals surface area contributed by atoms with E-state index in [-0.39, 0.29) is 5.41 Å². The maximum Gasteiger partial charge on any atom is 0.346 e. The lowest BCUT2D eigenvalue weighted by molar-refractivity contribution is 0.0444. The van der Waals surface area contributed by atoms with Crippen LogP contribution in [0.2, 0.25) is 0 Å². The Morgan fingerprint density at radius 1 is 0.889 bits per heavy atom. The fraction of sp³-hybridized carbons (Fsp3) is 0.200. The Balaban J connectivity index is 2.22. The summed E-state index contributed by atoms with van der Waals surface area (Å²) in [4.78, 5) is 23.0. The molecule has 0 amide bonds. The van der Waals surface area contributed by atoms with Crippen LogP contribution in [0.15, 0.2) is 24.3 Å². The number of fused-ring (bicyclic) bond motifs is 2. The van der Waals surface area contributed by atoms with Gasteiger partial charge < -0.3 is 4.74 Å². The number of carbonyl (C=O) groups is 2. The molecule has 0 spiro atoms. The second kappa shape index (κ2) is 3.42. The fourth-order valence-corrected chi connectivity index (χ4v) is 2.12. The van der Waals surface area contributed by atoms with Gasteiger partial charge in [0.25, 0.3) is 0 Å². The lowest BCUT2D eigenvalue weighted by Gasteiger charge is -2.12. The monoisotopic (exact) mass is 240 g/mol. The molecule has 0 aromatic heterocycles. The Bertz CT molecular complexity index is 580. The van der Waals surface area contributed by atoms with Gasteiger partial charge in [0, 0.05) is 5.41 Å². The van der Waals surface area contributed by atoms with Gasteiger partial charge in [-0.05, 0) is 23.3 Å². The van der Waals surface area contributed by atoms with Crippen LogP contribution in [0, 0.1) is 5.41 Å². The number of cyclic esters (lactones) is 2. The average molecular weight is 240 g/mol. The first kappa shape index (κ1) is 11.0. The maximum absolute atomic E-state index is 11.5. The molecular formula is C15H12O3. The van der Waals surface area contributed by atoms with Crippen molar-refractivity contribution >= 4 is 24.1 Å². The van der Waals surface area contributed by atoms with E-state index in [2.05, 4.69) is 30.7 Å². The van der Waals surface area contributed by atoms with Crippen molar-refractivity contribution in [3.8, 4) is 0 Å². The lowest BCUT2D eigenvalue weighted by Crippen LogP contribution is -2.00. The van der Waals surface area contributed by atoms with E-state index in [0.29, 0.717) is 11.1 Å². The lowest BCUT2D eigenvalue weighted by atomic mass is 9.93. The van der Waals surface area contributed by atoms with E-state index in [1.807, 2.05) is 12.2 Å². The van der Waals surface area contributed by atoms with Crippen molar-refractivity contribution in [3.63, 3.8) is 0 Å². The number of benzene rings is 1. The summed E-state index contributed by atoms with van der Waals surface area (Å²) in [6.45, 7) is 4.19. The highest BCUT2D eigenvalue weighted by Gasteiger charge is 2.30. The number of carbonyl (C=O) groups excluding carboxylic acids is 2. The van der Waals surface area contributed by atoms with Gasteiger partial charge in [-0.2, -0.15) is 0 Å². The molecule has 1 aromatic carbocycles. The number of allylic oxidation sites excluding steroid dienone is 2. The molecular weight excluding hydrogens is 228 g/mol. The molecule has 3 rings (SSSR count). The fourth-order valence-electron chi connectivity index (χ4n) is 2.12. The summed E-state index contributed by atoms with van der Waals surface area (Å²) in [5.74, 6) is -1.11. The van der Waals surface area contributed by atoms with Gasteiger partial charge in [-0.15, -0.1) is 0 Å². The van der Waals surface area contributed by atoms with Gasteiger partial charge in [-0.3, -0.25) is 0 Å². The number of esters is 2. The predicted octanol–water partition coefficient (Wildman–Crippen LogP) is 3.06. The van der Waals surface area contributed by atoms with Crippen LogP contribution < -0.4 is 0 Å². The van der Waals surface area contributed by atoms with Gasteiger partial charge >= 0.3 is 11.9 Å². The molecule has 3 nitrogen and oxygen atoms in total. The van der Waals surface area contributed by atoms with Crippen LogP contribution in [0.3, 0.4) is 0 Å². The highest BCUT2D eigenvalue weighted by atomic mass is 16.6. The first-order valence-electron chi connectivity index (χ1n) is 5.79. The van der Waals surface area contributed by atoms with E-state index >= 15 is 0 Å². The number of ether oxygens (including phenoxy) is 1. The molecule has 0 atom stereocenters. The Labute approximate surface area is 105 Å². The first-order valence-corrected chi connectivity index (χ1v) is 5.79. The molecule has 3 heteroatoms. The van der Waals surface area contributed by atoms with Gasteiger partial charge in [-0.1, -0.05) is 38.2 Å². The van der Waals surface area contributed by atoms with Crippen LogP contribution in [-0.2, 0) is 4.74 Å². The molecule has 0 unspecified atom stereocenters. The van der Waals surface area contributed by atoms with E-state index in [9.17, 15) is 9.59 Å².